The first-order chi connectivity index (χ1) is 9.70. The van der Waals surface area contributed by atoms with Gasteiger partial charge in [0.05, 0.1) is 0 Å². The van der Waals surface area contributed by atoms with Crippen molar-refractivity contribution in [2.75, 3.05) is 5.73 Å². The third kappa shape index (κ3) is 3.39. The SMILES string of the molecule is CC(C)(Oc1c(F)cc(N)cc1F)c1ccc(Cl)cc1Cl. The zero-order valence-electron chi connectivity index (χ0n) is 11.4. The average Bonchev–Trinajstić information content (AvgIpc) is 2.33. The van der Waals surface area contributed by atoms with Gasteiger partial charge in [-0.2, -0.15) is 0 Å². The molecule has 0 aliphatic heterocycles. The second kappa shape index (κ2) is 5.70. The molecular weight excluding hydrogens is 319 g/mol. The molecule has 0 fully saturated rings. The molecule has 0 aliphatic carbocycles. The first kappa shape index (κ1) is 15.9. The Kier molecular flexibility index (Phi) is 4.30. The van der Waals surface area contributed by atoms with Crippen molar-refractivity contribution in [3.8, 4) is 5.75 Å². The number of nitrogens with two attached hydrogens (primary N) is 1. The third-order valence-corrected chi connectivity index (χ3v) is 3.51. The molecule has 0 unspecified atom stereocenters. The van der Waals surface area contributed by atoms with Gasteiger partial charge in [-0.3, -0.25) is 0 Å². The summed E-state index contributed by atoms with van der Waals surface area (Å²) in [5.41, 5.74) is 4.86. The van der Waals surface area contributed by atoms with Gasteiger partial charge in [-0.15, -0.1) is 0 Å². The normalized spacial score (nSPS) is 11.5. The number of hydrogen-bond acceptors (Lipinski definition) is 2. The maximum absolute atomic E-state index is 13.8. The minimum atomic E-state index is -1.06. The van der Waals surface area contributed by atoms with Crippen LogP contribution in [0.2, 0.25) is 10.0 Å². The highest BCUT2D eigenvalue weighted by Gasteiger charge is 2.28. The van der Waals surface area contributed by atoms with E-state index in [0.717, 1.165) is 12.1 Å². The molecule has 0 spiro atoms. The maximum atomic E-state index is 13.8. The zero-order valence-corrected chi connectivity index (χ0v) is 12.9. The van der Waals surface area contributed by atoms with Gasteiger partial charge in [0, 0.05) is 33.4 Å². The number of benzene rings is 2. The van der Waals surface area contributed by atoms with Crippen LogP contribution in [0.1, 0.15) is 19.4 Å². The first-order valence-electron chi connectivity index (χ1n) is 6.10. The monoisotopic (exact) mass is 331 g/mol. The molecule has 0 aromatic heterocycles. The maximum Gasteiger partial charge on any atom is 0.192 e. The predicted molar refractivity (Wildman–Crippen MR) is 80.9 cm³/mol. The summed E-state index contributed by atoms with van der Waals surface area (Å²) in [6.45, 7) is 3.30. The lowest BCUT2D eigenvalue weighted by molar-refractivity contribution is 0.0964. The molecule has 2 aromatic carbocycles. The predicted octanol–water partition coefficient (Wildman–Crippen LogP) is 5.17. The molecule has 0 radical (unpaired) electrons. The average molecular weight is 332 g/mol. The fourth-order valence-corrected chi connectivity index (χ4v) is 2.60. The Bertz CT molecular complexity index is 666. The van der Waals surface area contributed by atoms with Gasteiger partial charge in [-0.05, 0) is 26.0 Å². The molecule has 2 nitrogen and oxygen atoms in total. The molecule has 2 N–H and O–H groups in total. The molecule has 6 heteroatoms. The number of hydrogen-bond donors (Lipinski definition) is 1. The number of rotatable bonds is 3. The summed E-state index contributed by atoms with van der Waals surface area (Å²) in [6, 6.07) is 6.82. The topological polar surface area (TPSA) is 35.2 Å². The second-order valence-corrected chi connectivity index (χ2v) is 5.89. The quantitative estimate of drug-likeness (QED) is 0.787. The van der Waals surface area contributed by atoms with Crippen LogP contribution in [0.3, 0.4) is 0 Å². The van der Waals surface area contributed by atoms with E-state index in [2.05, 4.69) is 0 Å². The number of anilines is 1. The number of nitrogen functional groups attached to an aromatic ring is 1. The van der Waals surface area contributed by atoms with Gasteiger partial charge < -0.3 is 10.5 Å². The zero-order chi connectivity index (χ0) is 15.8. The third-order valence-electron chi connectivity index (χ3n) is 2.96. The highest BCUT2D eigenvalue weighted by atomic mass is 35.5. The van der Waals surface area contributed by atoms with Crippen LogP contribution in [-0.2, 0) is 5.60 Å². The van der Waals surface area contributed by atoms with Crippen molar-refractivity contribution >= 4 is 28.9 Å². The van der Waals surface area contributed by atoms with Gasteiger partial charge in [-0.1, -0.05) is 29.3 Å². The number of ether oxygens (including phenoxy) is 1. The second-order valence-electron chi connectivity index (χ2n) is 5.05. The smallest absolute Gasteiger partial charge is 0.192 e. The Labute approximate surface area is 131 Å². The Morgan fingerprint density at radius 2 is 1.62 bits per heavy atom. The lowest BCUT2D eigenvalue weighted by atomic mass is 9.98. The van der Waals surface area contributed by atoms with Gasteiger partial charge in [0.1, 0.15) is 5.60 Å². The fourth-order valence-electron chi connectivity index (χ4n) is 1.96. The Morgan fingerprint density at radius 3 is 2.14 bits per heavy atom. The molecule has 0 atom stereocenters. The lowest BCUT2D eigenvalue weighted by Crippen LogP contribution is -2.26. The summed E-state index contributed by atoms with van der Waals surface area (Å²) in [5.74, 6) is -2.24. The van der Waals surface area contributed by atoms with E-state index < -0.39 is 23.0 Å². The van der Waals surface area contributed by atoms with E-state index in [1.807, 2.05) is 0 Å². The van der Waals surface area contributed by atoms with Gasteiger partial charge in [0.25, 0.3) is 0 Å². The molecule has 2 aromatic rings. The summed E-state index contributed by atoms with van der Waals surface area (Å²) < 4.78 is 33.1. The molecule has 0 heterocycles. The Balaban J connectivity index is 2.42. The summed E-state index contributed by atoms with van der Waals surface area (Å²) >= 11 is 11.9. The van der Waals surface area contributed by atoms with Crippen LogP contribution >= 0.6 is 23.2 Å². The molecule has 112 valence electrons. The summed E-state index contributed by atoms with van der Waals surface area (Å²) in [4.78, 5) is 0. The van der Waals surface area contributed by atoms with Gasteiger partial charge in [-0.25, -0.2) is 8.78 Å². The van der Waals surface area contributed by atoms with Crippen molar-refractivity contribution < 1.29 is 13.5 Å². The molecule has 0 aliphatic rings. The molecule has 0 saturated carbocycles. The van der Waals surface area contributed by atoms with Crippen LogP contribution in [0, 0.1) is 11.6 Å². The minimum absolute atomic E-state index is 0.0142. The van der Waals surface area contributed by atoms with Crippen molar-refractivity contribution in [3.63, 3.8) is 0 Å². The van der Waals surface area contributed by atoms with Gasteiger partial charge in [0.15, 0.2) is 17.4 Å². The lowest BCUT2D eigenvalue weighted by Gasteiger charge is -2.28. The van der Waals surface area contributed by atoms with E-state index in [9.17, 15) is 8.78 Å². The van der Waals surface area contributed by atoms with Crippen LogP contribution in [0.4, 0.5) is 14.5 Å². The van der Waals surface area contributed by atoms with Crippen molar-refractivity contribution in [2.45, 2.75) is 19.4 Å². The van der Waals surface area contributed by atoms with Crippen LogP contribution in [0.15, 0.2) is 30.3 Å². The minimum Gasteiger partial charge on any atom is -0.477 e. The van der Waals surface area contributed by atoms with E-state index >= 15 is 0 Å². The summed E-state index contributed by atoms with van der Waals surface area (Å²) in [7, 11) is 0. The summed E-state index contributed by atoms with van der Waals surface area (Å²) in [5, 5.41) is 0.813. The van der Waals surface area contributed by atoms with Crippen LogP contribution in [-0.4, -0.2) is 0 Å². The molecule has 0 saturated heterocycles. The van der Waals surface area contributed by atoms with Gasteiger partial charge in [0.2, 0.25) is 0 Å². The molecule has 0 amide bonds. The molecular formula is C15H13Cl2F2NO. The van der Waals surface area contributed by atoms with E-state index in [0.29, 0.717) is 15.6 Å². The van der Waals surface area contributed by atoms with Crippen molar-refractivity contribution in [3.05, 3.63) is 57.6 Å². The van der Waals surface area contributed by atoms with Crippen molar-refractivity contribution in [1.82, 2.24) is 0 Å². The molecule has 21 heavy (non-hydrogen) atoms. The Morgan fingerprint density at radius 1 is 1.05 bits per heavy atom. The summed E-state index contributed by atoms with van der Waals surface area (Å²) in [6.07, 6.45) is 0. The van der Waals surface area contributed by atoms with Crippen molar-refractivity contribution in [1.29, 1.82) is 0 Å². The standard InChI is InChI=1S/C15H13Cl2F2NO/c1-15(2,10-4-3-8(16)5-11(10)17)21-14-12(18)6-9(20)7-13(14)19/h3-7H,20H2,1-2H3. The largest absolute Gasteiger partial charge is 0.477 e. The molecule has 0 bridgehead atoms. The van der Waals surface area contributed by atoms with Crippen LogP contribution in [0.5, 0.6) is 5.75 Å². The van der Waals surface area contributed by atoms with E-state index in [4.69, 9.17) is 33.7 Å². The van der Waals surface area contributed by atoms with E-state index in [1.54, 1.807) is 32.0 Å². The fraction of sp³-hybridized carbons (Fsp3) is 0.200. The van der Waals surface area contributed by atoms with E-state index in [1.165, 1.54) is 0 Å². The van der Waals surface area contributed by atoms with E-state index in [-0.39, 0.29) is 5.69 Å². The van der Waals surface area contributed by atoms with Crippen molar-refractivity contribution in [2.24, 2.45) is 0 Å². The van der Waals surface area contributed by atoms with Gasteiger partial charge >= 0.3 is 0 Å². The highest BCUT2D eigenvalue weighted by Crippen LogP contribution is 2.36. The number of halogens is 4. The Hall–Kier alpha value is -1.52. The molecule has 2 rings (SSSR count). The first-order valence-corrected chi connectivity index (χ1v) is 6.85. The van der Waals surface area contributed by atoms with Crippen LogP contribution < -0.4 is 10.5 Å². The van der Waals surface area contributed by atoms with Crippen LogP contribution in [0.25, 0.3) is 0 Å². The highest BCUT2D eigenvalue weighted by molar-refractivity contribution is 6.35.